The van der Waals surface area contributed by atoms with Gasteiger partial charge in [0.05, 0.1) is 12.7 Å². The first-order valence-electron chi connectivity index (χ1n) is 8.02. The third kappa shape index (κ3) is 6.07. The summed E-state index contributed by atoms with van der Waals surface area (Å²) in [6.45, 7) is 1.41. The number of hydrogen-bond donors (Lipinski definition) is 1. The van der Waals surface area contributed by atoms with Crippen LogP contribution in [0.1, 0.15) is 22.8 Å². The van der Waals surface area contributed by atoms with Crippen molar-refractivity contribution < 1.29 is 28.2 Å². The molecular weight excluding hydrogens is 353 g/mol. The lowest BCUT2D eigenvalue weighted by Gasteiger charge is -2.12. The summed E-state index contributed by atoms with van der Waals surface area (Å²) >= 11 is 0. The lowest BCUT2D eigenvalue weighted by atomic mass is 10.1. The van der Waals surface area contributed by atoms with Crippen LogP contribution in [0, 0.1) is 5.82 Å². The second kappa shape index (κ2) is 9.28. The molecule has 0 saturated heterocycles. The lowest BCUT2D eigenvalue weighted by molar-refractivity contribution is -0.148. The molecule has 0 spiro atoms. The summed E-state index contributed by atoms with van der Waals surface area (Å²) in [4.78, 5) is 35.2. The van der Waals surface area contributed by atoms with Crippen molar-refractivity contribution in [2.75, 3.05) is 12.4 Å². The lowest BCUT2D eigenvalue weighted by Crippen LogP contribution is -2.29. The number of benzene rings is 2. The Balaban J connectivity index is 1.89. The number of anilines is 1. The van der Waals surface area contributed by atoms with E-state index in [-0.39, 0.29) is 5.69 Å². The van der Waals surface area contributed by atoms with Crippen LogP contribution >= 0.6 is 0 Å². The molecule has 1 atom stereocenters. The van der Waals surface area contributed by atoms with E-state index in [0.29, 0.717) is 11.1 Å². The molecule has 0 bridgehead atoms. The van der Waals surface area contributed by atoms with Crippen molar-refractivity contribution in [3.63, 3.8) is 0 Å². The van der Waals surface area contributed by atoms with Crippen LogP contribution < -0.4 is 5.32 Å². The molecule has 7 heteroatoms. The quantitative estimate of drug-likeness (QED) is 0.623. The standard InChI is InChI=1S/C20H18FNO5/c1-13(19(24)22-17-5-3-4-16(21)12-17)27-18(23)11-8-14-6-9-15(10-7-14)20(25)26-2/h3-13H,1-2H3,(H,22,24)/b11-8+. The molecule has 1 amide bonds. The SMILES string of the molecule is COC(=O)c1ccc(/C=C/C(=O)OC(C)C(=O)Nc2cccc(F)c2)cc1. The van der Waals surface area contributed by atoms with Crippen LogP contribution in [0.15, 0.2) is 54.6 Å². The topological polar surface area (TPSA) is 81.7 Å². The van der Waals surface area contributed by atoms with Crippen LogP contribution in [0.3, 0.4) is 0 Å². The van der Waals surface area contributed by atoms with Gasteiger partial charge in [0.15, 0.2) is 6.10 Å². The van der Waals surface area contributed by atoms with Crippen LogP contribution in [-0.2, 0) is 19.1 Å². The fraction of sp³-hybridized carbons (Fsp3) is 0.150. The van der Waals surface area contributed by atoms with E-state index in [4.69, 9.17) is 4.74 Å². The minimum absolute atomic E-state index is 0.268. The maximum absolute atomic E-state index is 13.1. The fourth-order valence-corrected chi connectivity index (χ4v) is 2.09. The zero-order chi connectivity index (χ0) is 19.8. The third-order valence-electron chi connectivity index (χ3n) is 3.50. The Morgan fingerprint density at radius 2 is 1.81 bits per heavy atom. The highest BCUT2D eigenvalue weighted by Crippen LogP contribution is 2.11. The van der Waals surface area contributed by atoms with E-state index in [1.54, 1.807) is 24.3 Å². The number of halogens is 1. The summed E-state index contributed by atoms with van der Waals surface area (Å²) < 4.78 is 22.7. The van der Waals surface area contributed by atoms with Gasteiger partial charge >= 0.3 is 11.9 Å². The minimum atomic E-state index is -1.06. The van der Waals surface area contributed by atoms with Gasteiger partial charge in [-0.25, -0.2) is 14.0 Å². The van der Waals surface area contributed by atoms with Crippen LogP contribution in [0.2, 0.25) is 0 Å². The highest BCUT2D eigenvalue weighted by Gasteiger charge is 2.16. The predicted molar refractivity (Wildman–Crippen MR) is 97.4 cm³/mol. The maximum atomic E-state index is 13.1. The van der Waals surface area contributed by atoms with Gasteiger partial charge in [0.2, 0.25) is 0 Å². The molecule has 0 fully saturated rings. The van der Waals surface area contributed by atoms with Crippen molar-refractivity contribution in [2.45, 2.75) is 13.0 Å². The Bertz CT molecular complexity index is 861. The first kappa shape index (κ1) is 19.8. The second-order valence-corrected chi connectivity index (χ2v) is 5.53. The van der Waals surface area contributed by atoms with Gasteiger partial charge in [-0.05, 0) is 48.9 Å². The van der Waals surface area contributed by atoms with Crippen LogP contribution in [0.4, 0.5) is 10.1 Å². The molecule has 140 valence electrons. The van der Waals surface area contributed by atoms with Crippen molar-refractivity contribution in [3.05, 3.63) is 71.6 Å². The molecule has 27 heavy (non-hydrogen) atoms. The van der Waals surface area contributed by atoms with Gasteiger partial charge in [-0.15, -0.1) is 0 Å². The van der Waals surface area contributed by atoms with E-state index >= 15 is 0 Å². The Morgan fingerprint density at radius 3 is 2.44 bits per heavy atom. The van der Waals surface area contributed by atoms with Crippen molar-refractivity contribution in [3.8, 4) is 0 Å². The summed E-state index contributed by atoms with van der Waals surface area (Å²) in [6, 6.07) is 11.8. The third-order valence-corrected chi connectivity index (χ3v) is 3.50. The van der Waals surface area contributed by atoms with E-state index < -0.39 is 29.8 Å². The Hall–Kier alpha value is -3.48. The van der Waals surface area contributed by atoms with E-state index in [1.807, 2.05) is 0 Å². The molecule has 2 aromatic carbocycles. The zero-order valence-electron chi connectivity index (χ0n) is 14.8. The molecule has 0 saturated carbocycles. The monoisotopic (exact) mass is 371 g/mol. The molecule has 0 radical (unpaired) electrons. The summed E-state index contributed by atoms with van der Waals surface area (Å²) in [5.74, 6) is -2.24. The molecule has 0 aliphatic rings. The Labute approximate surface area is 155 Å². The average Bonchev–Trinajstić information content (AvgIpc) is 2.66. The second-order valence-electron chi connectivity index (χ2n) is 5.53. The summed E-state index contributed by atoms with van der Waals surface area (Å²) in [6.07, 6.45) is 1.59. The van der Waals surface area contributed by atoms with E-state index in [9.17, 15) is 18.8 Å². The maximum Gasteiger partial charge on any atom is 0.337 e. The molecule has 0 heterocycles. The van der Waals surface area contributed by atoms with Crippen molar-refractivity contribution in [2.24, 2.45) is 0 Å². The summed E-state index contributed by atoms with van der Waals surface area (Å²) in [7, 11) is 1.29. The number of hydrogen-bond acceptors (Lipinski definition) is 5. The van der Waals surface area contributed by atoms with Gasteiger partial charge in [0.1, 0.15) is 5.82 Å². The largest absolute Gasteiger partial charge is 0.465 e. The molecular formula is C20H18FNO5. The van der Waals surface area contributed by atoms with Crippen LogP contribution in [0.25, 0.3) is 6.08 Å². The fourth-order valence-electron chi connectivity index (χ4n) is 2.09. The van der Waals surface area contributed by atoms with Gasteiger partial charge in [0, 0.05) is 11.8 Å². The summed E-state index contributed by atoms with van der Waals surface area (Å²) in [5, 5.41) is 2.46. The van der Waals surface area contributed by atoms with Crippen molar-refractivity contribution in [1.29, 1.82) is 0 Å². The average molecular weight is 371 g/mol. The van der Waals surface area contributed by atoms with Gasteiger partial charge in [-0.2, -0.15) is 0 Å². The van der Waals surface area contributed by atoms with Gasteiger partial charge in [-0.3, -0.25) is 4.79 Å². The molecule has 1 N–H and O–H groups in total. The van der Waals surface area contributed by atoms with Crippen molar-refractivity contribution in [1.82, 2.24) is 0 Å². The van der Waals surface area contributed by atoms with E-state index in [1.165, 1.54) is 44.4 Å². The number of carbonyl (C=O) groups excluding carboxylic acids is 3. The molecule has 2 aromatic rings. The molecule has 2 rings (SSSR count). The van der Waals surface area contributed by atoms with E-state index in [0.717, 1.165) is 6.07 Å². The van der Waals surface area contributed by atoms with Crippen LogP contribution in [0.5, 0.6) is 0 Å². The first-order chi connectivity index (χ1) is 12.9. The molecule has 0 aliphatic carbocycles. The Morgan fingerprint density at radius 1 is 1.11 bits per heavy atom. The number of nitrogens with one attached hydrogen (secondary N) is 1. The van der Waals surface area contributed by atoms with Crippen molar-refractivity contribution >= 4 is 29.6 Å². The number of carbonyl (C=O) groups is 3. The number of amides is 1. The molecule has 0 aliphatic heterocycles. The molecule has 0 aromatic heterocycles. The molecule has 6 nitrogen and oxygen atoms in total. The van der Waals surface area contributed by atoms with Gasteiger partial charge in [-0.1, -0.05) is 18.2 Å². The van der Waals surface area contributed by atoms with E-state index in [2.05, 4.69) is 10.1 Å². The molecule has 1 unspecified atom stereocenters. The first-order valence-corrected chi connectivity index (χ1v) is 8.02. The zero-order valence-corrected chi connectivity index (χ0v) is 14.8. The highest BCUT2D eigenvalue weighted by atomic mass is 19.1. The number of rotatable bonds is 6. The van der Waals surface area contributed by atoms with Crippen LogP contribution in [-0.4, -0.2) is 31.1 Å². The highest BCUT2D eigenvalue weighted by molar-refractivity contribution is 5.96. The Kier molecular flexibility index (Phi) is 6.82. The van der Waals surface area contributed by atoms with Gasteiger partial charge < -0.3 is 14.8 Å². The van der Waals surface area contributed by atoms with Gasteiger partial charge in [0.25, 0.3) is 5.91 Å². The predicted octanol–water partition coefficient (Wildman–Crippen LogP) is 3.20. The number of esters is 2. The number of methoxy groups -OCH3 is 1. The smallest absolute Gasteiger partial charge is 0.337 e. The minimum Gasteiger partial charge on any atom is -0.465 e. The number of ether oxygens (including phenoxy) is 2. The normalized spacial score (nSPS) is 11.7. The summed E-state index contributed by atoms with van der Waals surface area (Å²) in [5.41, 5.74) is 1.32.